The van der Waals surface area contributed by atoms with Crippen LogP contribution in [-0.2, 0) is 0 Å². The molecule has 1 heterocycles. The number of nitrogens with one attached hydrogen (secondary N) is 2. The number of anilines is 3. The number of fused-ring (bicyclic) bond motifs is 1. The standard InChI is InChI=1S/C22H18N4O2/c1-15-6-5-7-16(12-15)25-21-19-13-17(10-11-20(19)23-14-24-21)26-22(27)28-18-8-3-2-4-9-18/h2-14H,1H3,(H,26,27)(H,23,24,25). The monoisotopic (exact) mass is 370 g/mol. The number of rotatable bonds is 4. The van der Waals surface area contributed by atoms with Crippen LogP contribution < -0.4 is 15.4 Å². The lowest BCUT2D eigenvalue weighted by atomic mass is 10.2. The Labute approximate surface area is 162 Å². The summed E-state index contributed by atoms with van der Waals surface area (Å²) in [6.07, 6.45) is 0.952. The van der Waals surface area contributed by atoms with E-state index in [4.69, 9.17) is 4.74 Å². The predicted octanol–water partition coefficient (Wildman–Crippen LogP) is 5.29. The quantitative estimate of drug-likeness (QED) is 0.510. The van der Waals surface area contributed by atoms with E-state index >= 15 is 0 Å². The molecule has 0 aliphatic carbocycles. The van der Waals surface area contributed by atoms with E-state index in [1.165, 1.54) is 6.33 Å². The van der Waals surface area contributed by atoms with Gasteiger partial charge in [-0.15, -0.1) is 0 Å². The molecule has 3 aromatic carbocycles. The van der Waals surface area contributed by atoms with Crippen LogP contribution in [0.5, 0.6) is 5.75 Å². The molecule has 0 aliphatic rings. The van der Waals surface area contributed by atoms with Crippen molar-refractivity contribution in [2.24, 2.45) is 0 Å². The number of ether oxygens (including phenoxy) is 1. The molecule has 0 unspecified atom stereocenters. The molecule has 4 aromatic rings. The van der Waals surface area contributed by atoms with Gasteiger partial charge in [0.15, 0.2) is 0 Å². The highest BCUT2D eigenvalue weighted by atomic mass is 16.6. The van der Waals surface area contributed by atoms with Gasteiger partial charge in [-0.1, -0.05) is 30.3 Å². The zero-order valence-electron chi connectivity index (χ0n) is 15.2. The number of benzene rings is 3. The molecular weight excluding hydrogens is 352 g/mol. The highest BCUT2D eigenvalue weighted by Gasteiger charge is 2.09. The lowest BCUT2D eigenvalue weighted by molar-refractivity contribution is 0.215. The van der Waals surface area contributed by atoms with Crippen molar-refractivity contribution < 1.29 is 9.53 Å². The minimum atomic E-state index is -0.560. The Morgan fingerprint density at radius 2 is 1.75 bits per heavy atom. The molecule has 0 bridgehead atoms. The van der Waals surface area contributed by atoms with E-state index in [2.05, 4.69) is 20.6 Å². The van der Waals surface area contributed by atoms with Crippen LogP contribution in [0.4, 0.5) is 22.0 Å². The summed E-state index contributed by atoms with van der Waals surface area (Å²) in [5, 5.41) is 6.84. The fourth-order valence-corrected chi connectivity index (χ4v) is 2.83. The summed E-state index contributed by atoms with van der Waals surface area (Å²) in [4.78, 5) is 20.8. The van der Waals surface area contributed by atoms with E-state index in [1.807, 2.05) is 49.4 Å². The zero-order valence-corrected chi connectivity index (χ0v) is 15.2. The van der Waals surface area contributed by atoms with Gasteiger partial charge in [0.1, 0.15) is 17.9 Å². The van der Waals surface area contributed by atoms with Crippen molar-refractivity contribution in [2.75, 3.05) is 10.6 Å². The Bertz CT molecular complexity index is 1130. The number of aryl methyl sites for hydroxylation is 1. The lowest BCUT2D eigenvalue weighted by Crippen LogP contribution is -2.16. The molecule has 2 N–H and O–H groups in total. The van der Waals surface area contributed by atoms with Crippen molar-refractivity contribution in [1.82, 2.24) is 9.97 Å². The van der Waals surface area contributed by atoms with Gasteiger partial charge in [-0.3, -0.25) is 5.32 Å². The van der Waals surface area contributed by atoms with Gasteiger partial charge in [0.25, 0.3) is 0 Å². The Balaban J connectivity index is 1.58. The van der Waals surface area contributed by atoms with Gasteiger partial charge in [-0.2, -0.15) is 0 Å². The average molecular weight is 370 g/mol. The largest absolute Gasteiger partial charge is 0.417 e. The third-order valence-electron chi connectivity index (χ3n) is 4.12. The van der Waals surface area contributed by atoms with Gasteiger partial charge < -0.3 is 10.1 Å². The first-order valence-corrected chi connectivity index (χ1v) is 8.80. The number of carbonyl (C=O) groups excluding carboxylic acids is 1. The Kier molecular flexibility index (Phi) is 4.84. The van der Waals surface area contributed by atoms with Gasteiger partial charge >= 0.3 is 6.09 Å². The molecule has 6 heteroatoms. The molecule has 0 fully saturated rings. The van der Waals surface area contributed by atoms with Gasteiger partial charge in [0, 0.05) is 16.8 Å². The normalized spacial score (nSPS) is 10.5. The van der Waals surface area contributed by atoms with Gasteiger partial charge in [0.2, 0.25) is 0 Å². The number of hydrogen-bond donors (Lipinski definition) is 2. The summed E-state index contributed by atoms with van der Waals surface area (Å²) in [5.74, 6) is 1.14. The number of amides is 1. The molecule has 138 valence electrons. The first-order valence-electron chi connectivity index (χ1n) is 8.80. The van der Waals surface area contributed by atoms with Crippen molar-refractivity contribution in [3.63, 3.8) is 0 Å². The third kappa shape index (κ3) is 4.07. The minimum absolute atomic E-state index is 0.478. The molecule has 0 aliphatic heterocycles. The Hall–Kier alpha value is -3.93. The Morgan fingerprint density at radius 1 is 0.893 bits per heavy atom. The van der Waals surface area contributed by atoms with Gasteiger partial charge in [-0.25, -0.2) is 14.8 Å². The fraction of sp³-hybridized carbons (Fsp3) is 0.0455. The van der Waals surface area contributed by atoms with Crippen molar-refractivity contribution in [2.45, 2.75) is 6.92 Å². The maximum atomic E-state index is 12.2. The molecule has 0 atom stereocenters. The predicted molar refractivity (Wildman–Crippen MR) is 110 cm³/mol. The maximum absolute atomic E-state index is 12.2. The van der Waals surface area contributed by atoms with E-state index in [0.29, 0.717) is 17.3 Å². The molecule has 0 radical (unpaired) electrons. The first-order chi connectivity index (χ1) is 13.7. The number of hydrogen-bond acceptors (Lipinski definition) is 5. The topological polar surface area (TPSA) is 76.1 Å². The van der Waals surface area contributed by atoms with Crippen molar-refractivity contribution in [3.05, 3.63) is 84.7 Å². The van der Waals surface area contributed by atoms with E-state index in [-0.39, 0.29) is 0 Å². The van der Waals surface area contributed by atoms with Crippen molar-refractivity contribution in [1.29, 1.82) is 0 Å². The first kappa shape index (κ1) is 17.5. The number of nitrogens with zero attached hydrogens (tertiary/aromatic N) is 2. The minimum Gasteiger partial charge on any atom is -0.410 e. The molecule has 6 nitrogen and oxygen atoms in total. The lowest BCUT2D eigenvalue weighted by Gasteiger charge is -2.11. The third-order valence-corrected chi connectivity index (χ3v) is 4.12. The molecule has 0 saturated carbocycles. The molecule has 1 amide bonds. The fourth-order valence-electron chi connectivity index (χ4n) is 2.83. The molecular formula is C22H18N4O2. The van der Waals surface area contributed by atoms with Crippen LogP contribution in [0.2, 0.25) is 0 Å². The molecule has 28 heavy (non-hydrogen) atoms. The molecule has 4 rings (SSSR count). The number of para-hydroxylation sites is 1. The van der Waals surface area contributed by atoms with Crippen LogP contribution in [0, 0.1) is 6.92 Å². The summed E-state index contributed by atoms with van der Waals surface area (Å²) in [7, 11) is 0. The average Bonchev–Trinajstić information content (AvgIpc) is 2.69. The maximum Gasteiger partial charge on any atom is 0.417 e. The summed E-state index contributed by atoms with van der Waals surface area (Å²) in [6.45, 7) is 2.03. The molecule has 1 aromatic heterocycles. The van der Waals surface area contributed by atoms with Crippen LogP contribution >= 0.6 is 0 Å². The summed E-state index contributed by atoms with van der Waals surface area (Å²) in [6, 6.07) is 22.4. The SMILES string of the molecule is Cc1cccc(Nc2ncnc3ccc(NC(=O)Oc4ccccc4)cc23)c1. The van der Waals surface area contributed by atoms with Crippen molar-refractivity contribution in [3.8, 4) is 5.75 Å². The highest BCUT2D eigenvalue weighted by molar-refractivity contribution is 5.96. The van der Waals surface area contributed by atoms with Gasteiger partial charge in [-0.05, 0) is 55.0 Å². The highest BCUT2D eigenvalue weighted by Crippen LogP contribution is 2.26. The molecule has 0 spiro atoms. The number of carbonyl (C=O) groups is 1. The van der Waals surface area contributed by atoms with Gasteiger partial charge in [0.05, 0.1) is 5.52 Å². The van der Waals surface area contributed by atoms with Crippen LogP contribution in [-0.4, -0.2) is 16.1 Å². The second kappa shape index (κ2) is 7.75. The summed E-state index contributed by atoms with van der Waals surface area (Å²) in [5.41, 5.74) is 3.44. The summed E-state index contributed by atoms with van der Waals surface area (Å²) >= 11 is 0. The van der Waals surface area contributed by atoms with Crippen molar-refractivity contribution >= 4 is 34.2 Å². The summed E-state index contributed by atoms with van der Waals surface area (Å²) < 4.78 is 5.27. The van der Waals surface area contributed by atoms with Crippen LogP contribution in [0.25, 0.3) is 10.9 Å². The van der Waals surface area contributed by atoms with Crippen LogP contribution in [0.3, 0.4) is 0 Å². The van der Waals surface area contributed by atoms with E-state index in [0.717, 1.165) is 22.2 Å². The Morgan fingerprint density at radius 3 is 2.57 bits per heavy atom. The van der Waals surface area contributed by atoms with Crippen LogP contribution in [0.1, 0.15) is 5.56 Å². The van der Waals surface area contributed by atoms with E-state index in [9.17, 15) is 4.79 Å². The smallest absolute Gasteiger partial charge is 0.410 e. The van der Waals surface area contributed by atoms with E-state index in [1.54, 1.807) is 30.3 Å². The van der Waals surface area contributed by atoms with Crippen LogP contribution in [0.15, 0.2) is 79.1 Å². The second-order valence-corrected chi connectivity index (χ2v) is 6.28. The zero-order chi connectivity index (χ0) is 19.3. The van der Waals surface area contributed by atoms with E-state index < -0.39 is 6.09 Å². The molecule has 0 saturated heterocycles. The second-order valence-electron chi connectivity index (χ2n) is 6.28. The number of aromatic nitrogens is 2.